The Labute approximate surface area is 161 Å². The summed E-state index contributed by atoms with van der Waals surface area (Å²) in [5.41, 5.74) is 1.26. The standard InChI is InChI=1S/C21H30N2O4/c1-4-23-20(24)14-17(21(23)25)22-11-9-15(10-12-22)5-6-16-7-8-18(26-2)19(13-16)27-3/h7-8,13,15,17H,4-6,9-12,14H2,1-3H3/p+1/t17-/m0/s1. The van der Waals surface area contributed by atoms with Crippen LogP contribution in [-0.4, -0.2) is 56.6 Å². The van der Waals surface area contributed by atoms with E-state index in [1.54, 1.807) is 14.2 Å². The Hall–Kier alpha value is -2.08. The van der Waals surface area contributed by atoms with E-state index < -0.39 is 0 Å². The van der Waals surface area contributed by atoms with E-state index in [1.165, 1.54) is 15.4 Å². The number of likely N-dealkylation sites (N-methyl/N-ethyl adjacent to an activating group) is 1. The van der Waals surface area contributed by atoms with Crippen molar-refractivity contribution in [2.75, 3.05) is 33.9 Å². The molecular weight excluding hydrogens is 344 g/mol. The third-order valence-corrected chi connectivity index (χ3v) is 6.09. The molecule has 2 aliphatic heterocycles. The van der Waals surface area contributed by atoms with E-state index >= 15 is 0 Å². The maximum Gasteiger partial charge on any atom is 0.287 e. The molecular formula is C21H31N2O4+. The molecule has 1 aromatic rings. The fourth-order valence-corrected chi connectivity index (χ4v) is 4.43. The lowest BCUT2D eigenvalue weighted by atomic mass is 9.89. The molecule has 0 radical (unpaired) electrons. The SMILES string of the molecule is CCN1C(=O)C[C@H]([NH+]2CCC(CCc3ccc(OC)c(OC)c3)CC2)C1=O. The molecule has 148 valence electrons. The van der Waals surface area contributed by atoms with Crippen LogP contribution in [0.15, 0.2) is 18.2 Å². The van der Waals surface area contributed by atoms with Crippen LogP contribution in [0.2, 0.25) is 0 Å². The first kappa shape index (κ1) is 19.7. The lowest BCUT2D eigenvalue weighted by molar-refractivity contribution is -0.921. The number of ether oxygens (including phenoxy) is 2. The number of hydrogen-bond acceptors (Lipinski definition) is 4. The van der Waals surface area contributed by atoms with Gasteiger partial charge in [0.2, 0.25) is 5.91 Å². The van der Waals surface area contributed by atoms with Gasteiger partial charge in [0, 0.05) is 6.54 Å². The highest BCUT2D eigenvalue weighted by Gasteiger charge is 2.44. The first-order valence-electron chi connectivity index (χ1n) is 9.97. The van der Waals surface area contributed by atoms with Crippen LogP contribution >= 0.6 is 0 Å². The van der Waals surface area contributed by atoms with Crippen molar-refractivity contribution in [3.05, 3.63) is 23.8 Å². The smallest absolute Gasteiger partial charge is 0.287 e. The number of piperidine rings is 1. The fourth-order valence-electron chi connectivity index (χ4n) is 4.43. The van der Waals surface area contributed by atoms with E-state index in [4.69, 9.17) is 9.47 Å². The molecule has 2 aliphatic rings. The number of benzene rings is 1. The van der Waals surface area contributed by atoms with Gasteiger partial charge in [0.1, 0.15) is 0 Å². The first-order valence-corrected chi connectivity index (χ1v) is 9.97. The van der Waals surface area contributed by atoms with Crippen molar-refractivity contribution in [1.29, 1.82) is 0 Å². The predicted molar refractivity (Wildman–Crippen MR) is 102 cm³/mol. The molecule has 2 fully saturated rings. The summed E-state index contributed by atoms with van der Waals surface area (Å²) in [7, 11) is 3.31. The van der Waals surface area contributed by atoms with E-state index in [9.17, 15) is 9.59 Å². The summed E-state index contributed by atoms with van der Waals surface area (Å²) in [6.45, 7) is 4.33. The zero-order chi connectivity index (χ0) is 19.4. The molecule has 0 bridgehead atoms. The van der Waals surface area contributed by atoms with Gasteiger partial charge in [0.05, 0.1) is 33.7 Å². The van der Waals surface area contributed by atoms with Crippen LogP contribution in [0.1, 0.15) is 38.2 Å². The number of rotatable bonds is 7. The van der Waals surface area contributed by atoms with Crippen molar-refractivity contribution in [3.63, 3.8) is 0 Å². The molecule has 2 heterocycles. The van der Waals surface area contributed by atoms with Crippen molar-refractivity contribution in [3.8, 4) is 11.5 Å². The molecule has 0 aromatic heterocycles. The molecule has 0 unspecified atom stereocenters. The topological polar surface area (TPSA) is 60.3 Å². The third kappa shape index (κ3) is 4.26. The van der Waals surface area contributed by atoms with Crippen molar-refractivity contribution in [2.24, 2.45) is 5.92 Å². The maximum atomic E-state index is 12.4. The van der Waals surface area contributed by atoms with Crippen LogP contribution in [0.25, 0.3) is 0 Å². The molecule has 6 heteroatoms. The van der Waals surface area contributed by atoms with Gasteiger partial charge in [-0.3, -0.25) is 14.5 Å². The number of nitrogens with zero attached hydrogens (tertiary/aromatic N) is 1. The van der Waals surface area contributed by atoms with Crippen LogP contribution in [0.4, 0.5) is 0 Å². The second-order valence-corrected chi connectivity index (χ2v) is 7.56. The molecule has 3 rings (SSSR count). The summed E-state index contributed by atoms with van der Waals surface area (Å²) < 4.78 is 10.7. The Morgan fingerprint density at radius 2 is 1.81 bits per heavy atom. The molecule has 2 saturated heterocycles. The number of carbonyl (C=O) groups excluding carboxylic acids is 2. The molecule has 2 amide bonds. The molecule has 1 aromatic carbocycles. The second kappa shape index (κ2) is 8.74. The summed E-state index contributed by atoms with van der Waals surface area (Å²) in [6, 6.07) is 5.97. The summed E-state index contributed by atoms with van der Waals surface area (Å²) in [4.78, 5) is 27.1. The molecule has 0 aliphatic carbocycles. The highest BCUT2D eigenvalue weighted by Crippen LogP contribution is 2.29. The van der Waals surface area contributed by atoms with E-state index in [0.717, 1.165) is 50.3 Å². The van der Waals surface area contributed by atoms with Crippen molar-refractivity contribution in [1.82, 2.24) is 4.90 Å². The number of amides is 2. The van der Waals surface area contributed by atoms with Gasteiger partial charge in [0.25, 0.3) is 5.91 Å². The van der Waals surface area contributed by atoms with E-state index in [0.29, 0.717) is 18.9 Å². The predicted octanol–water partition coefficient (Wildman–Crippen LogP) is 1.08. The zero-order valence-electron chi connectivity index (χ0n) is 16.6. The number of methoxy groups -OCH3 is 2. The molecule has 6 nitrogen and oxygen atoms in total. The summed E-state index contributed by atoms with van der Waals surface area (Å²) >= 11 is 0. The van der Waals surface area contributed by atoms with Gasteiger partial charge in [0.15, 0.2) is 17.5 Å². The molecule has 0 saturated carbocycles. The minimum Gasteiger partial charge on any atom is -0.493 e. The van der Waals surface area contributed by atoms with Crippen molar-refractivity contribution in [2.45, 2.75) is 45.1 Å². The van der Waals surface area contributed by atoms with E-state index in [1.807, 2.05) is 13.0 Å². The largest absolute Gasteiger partial charge is 0.493 e. The number of carbonyl (C=O) groups is 2. The van der Waals surface area contributed by atoms with Crippen LogP contribution in [-0.2, 0) is 16.0 Å². The van der Waals surface area contributed by atoms with E-state index in [-0.39, 0.29) is 17.9 Å². The minimum atomic E-state index is -0.149. The molecule has 27 heavy (non-hydrogen) atoms. The zero-order valence-corrected chi connectivity index (χ0v) is 16.6. The normalized spacial score (nSPS) is 25.7. The van der Waals surface area contributed by atoms with Gasteiger partial charge in [-0.05, 0) is 56.2 Å². The van der Waals surface area contributed by atoms with Gasteiger partial charge in [-0.15, -0.1) is 0 Å². The number of hydrogen-bond donors (Lipinski definition) is 1. The quantitative estimate of drug-likeness (QED) is 0.725. The average molecular weight is 375 g/mol. The van der Waals surface area contributed by atoms with Gasteiger partial charge < -0.3 is 14.4 Å². The Balaban J connectivity index is 1.49. The Bertz CT molecular complexity index is 683. The fraction of sp³-hybridized carbons (Fsp3) is 0.619. The second-order valence-electron chi connectivity index (χ2n) is 7.56. The maximum absolute atomic E-state index is 12.4. The number of quaternary nitrogens is 1. The Morgan fingerprint density at radius 1 is 1.11 bits per heavy atom. The lowest BCUT2D eigenvalue weighted by Gasteiger charge is -2.32. The highest BCUT2D eigenvalue weighted by atomic mass is 16.5. The Kier molecular flexibility index (Phi) is 6.37. The summed E-state index contributed by atoms with van der Waals surface area (Å²) in [5, 5.41) is 0. The number of aryl methyl sites for hydroxylation is 1. The van der Waals surface area contributed by atoms with Gasteiger partial charge in [-0.2, -0.15) is 0 Å². The van der Waals surface area contributed by atoms with Gasteiger partial charge >= 0.3 is 0 Å². The third-order valence-electron chi connectivity index (χ3n) is 6.09. The van der Waals surface area contributed by atoms with Crippen LogP contribution in [0, 0.1) is 5.92 Å². The number of imide groups is 1. The molecule has 1 N–H and O–H groups in total. The molecule has 1 atom stereocenters. The average Bonchev–Trinajstić information content (AvgIpc) is 2.99. The lowest BCUT2D eigenvalue weighted by Crippen LogP contribution is -3.17. The Morgan fingerprint density at radius 3 is 2.41 bits per heavy atom. The summed E-state index contributed by atoms with van der Waals surface area (Å²) in [5.74, 6) is 2.24. The highest BCUT2D eigenvalue weighted by molar-refractivity contribution is 6.04. The number of nitrogens with one attached hydrogen (secondary N) is 1. The van der Waals surface area contributed by atoms with Crippen molar-refractivity contribution >= 4 is 11.8 Å². The van der Waals surface area contributed by atoms with Gasteiger partial charge in [-0.1, -0.05) is 6.07 Å². The molecule has 0 spiro atoms. The van der Waals surface area contributed by atoms with E-state index in [2.05, 4.69) is 12.1 Å². The van der Waals surface area contributed by atoms with Crippen molar-refractivity contribution < 1.29 is 24.0 Å². The number of likely N-dealkylation sites (tertiary alicyclic amines) is 2. The monoisotopic (exact) mass is 375 g/mol. The minimum absolute atomic E-state index is 0.00410. The van der Waals surface area contributed by atoms with Crippen LogP contribution in [0.5, 0.6) is 11.5 Å². The van der Waals surface area contributed by atoms with Crippen LogP contribution < -0.4 is 14.4 Å². The summed E-state index contributed by atoms with van der Waals surface area (Å²) in [6.07, 6.45) is 4.78. The first-order chi connectivity index (χ1) is 13.1. The van der Waals surface area contributed by atoms with Crippen LogP contribution in [0.3, 0.4) is 0 Å². The van der Waals surface area contributed by atoms with Gasteiger partial charge in [-0.25, -0.2) is 0 Å².